The number of terminal acetylenes is 1. The summed E-state index contributed by atoms with van der Waals surface area (Å²) in [6.07, 6.45) is 12.0. The maximum atomic E-state index is 14.6. The van der Waals surface area contributed by atoms with Gasteiger partial charge in [-0.3, -0.25) is 33.6 Å². The molecule has 4 amide bonds. The number of aryl methyl sites for hydroxylation is 1. The quantitative estimate of drug-likeness (QED) is 0.0224. The number of aliphatic hydroxyl groups is 1. The standard InChI is InChI=1S/C68H82N12O10S2/c1-9-44-18-20-45(21-19-44)33-69-59(84)52-32-46(81)35-79(52)61(86)57(63(4,5)6)73-54(82)17-11-10-14-30-92(87,88)77-60(85)55-47(22-23-50(71-55)56(83)51-31-42(2)58(76-75-51)74-62-72-49-15-12-13-16-53(49)91-62)48-34-70-80(43(48)3)41-66-37-64(7)36-65(8)38-67(39-66,40-68(64,65)66)90-29-26-78-24-27-89-28-25-78/h1,12-13,15-16,18-23,31,34,46,52,57,81H,10-11,14,17,24-30,32-33,35-41H2,2-8H3,(H,69,84)(H,73,82)(H,77,85)(H,72,74,76)/t46-,52-,57+,64?,65?,66?,67?,68?/m0/s1. The number of fused-ring (bicyclic) bond motifs is 2. The third-order valence-electron chi connectivity index (χ3n) is 20.7. The highest BCUT2D eigenvalue weighted by Crippen LogP contribution is 2.97. The molecule has 0 radical (unpaired) electrons. The summed E-state index contributed by atoms with van der Waals surface area (Å²) in [5.74, 6) is -0.608. The number of hydrogen-bond donors (Lipinski definition) is 5. The van der Waals surface area contributed by atoms with Gasteiger partial charge in [0.05, 0.1) is 53.7 Å². The van der Waals surface area contributed by atoms with E-state index in [1.165, 1.54) is 22.3 Å². The number of nitrogens with zero attached hydrogens (tertiary/aromatic N) is 8. The molecule has 4 saturated carbocycles. The van der Waals surface area contributed by atoms with Crippen molar-refractivity contribution in [1.82, 2.24) is 55.1 Å². The molecule has 4 aliphatic carbocycles. The van der Waals surface area contributed by atoms with Gasteiger partial charge in [-0.2, -0.15) is 5.10 Å². The van der Waals surface area contributed by atoms with Crippen LogP contribution in [0.2, 0.25) is 0 Å². The van der Waals surface area contributed by atoms with Gasteiger partial charge in [-0.1, -0.05) is 82.6 Å². The Morgan fingerprint density at radius 2 is 1.66 bits per heavy atom. The predicted molar refractivity (Wildman–Crippen MR) is 347 cm³/mol. The fourth-order valence-corrected chi connectivity index (χ4v) is 19.0. The van der Waals surface area contributed by atoms with Crippen molar-refractivity contribution in [3.8, 4) is 23.5 Å². The van der Waals surface area contributed by atoms with E-state index >= 15 is 0 Å². The number of carbonyl (C=O) groups is 5. The first-order chi connectivity index (χ1) is 43.8. The monoisotopic (exact) mass is 1290 g/mol. The number of thiazole rings is 1. The van der Waals surface area contributed by atoms with Gasteiger partial charge in [0.2, 0.25) is 33.5 Å². The van der Waals surface area contributed by atoms with E-state index in [0.717, 1.165) is 86.4 Å². The van der Waals surface area contributed by atoms with Gasteiger partial charge in [-0.25, -0.2) is 23.1 Å². The Kier molecular flexibility index (Phi) is 17.4. The summed E-state index contributed by atoms with van der Waals surface area (Å²) in [5, 5.41) is 33.8. The first-order valence-electron chi connectivity index (χ1n) is 31.9. The zero-order chi connectivity index (χ0) is 65.2. The molecular formula is C68H82N12O10S2. The Morgan fingerprint density at radius 3 is 2.39 bits per heavy atom. The van der Waals surface area contributed by atoms with E-state index in [1.54, 1.807) is 70.3 Å². The van der Waals surface area contributed by atoms with Gasteiger partial charge in [0.1, 0.15) is 29.2 Å². The largest absolute Gasteiger partial charge is 0.391 e. The molecule has 24 heteroatoms. The van der Waals surface area contributed by atoms with Crippen LogP contribution in [-0.2, 0) is 47.0 Å². The number of nitrogens with one attached hydrogen (secondary N) is 4. The molecule has 92 heavy (non-hydrogen) atoms. The number of β-amino-alcohol motifs (C(OH)–C–C–N with tert-alkyl or cyclic N) is 1. The normalized spacial score (nSPS) is 25.9. The molecule has 2 aliphatic heterocycles. The first-order valence-corrected chi connectivity index (χ1v) is 34.4. The molecule has 4 aromatic heterocycles. The van der Waals surface area contributed by atoms with Crippen molar-refractivity contribution in [2.24, 2.45) is 27.1 Å². The summed E-state index contributed by atoms with van der Waals surface area (Å²) in [6, 6.07) is 17.5. The van der Waals surface area contributed by atoms with Crippen LogP contribution in [-0.4, -0.2) is 158 Å². The minimum absolute atomic E-state index is 0.0299. The first kappa shape index (κ1) is 64.6. The van der Waals surface area contributed by atoms with Crippen LogP contribution in [0.3, 0.4) is 0 Å². The number of aliphatic hydroxyl groups excluding tert-OH is 1. The number of anilines is 2. The SMILES string of the molecule is C#Cc1ccc(CNC(=O)[C@@H]2C[C@H](O)CN2C(=O)[C@@H](NC(=O)CCCCCS(=O)(=O)NC(=O)c2nc(C(=O)c3cc(C)c(Nc4nc5ccccc5s4)nn3)ccc2-c2cnn(CC34CC5(OCCN6CCOCC6)CC6(C)CC(C)(C3)C64C5)c2C)C(C)(C)C)cc1. The minimum atomic E-state index is -4.33. The summed E-state index contributed by atoms with van der Waals surface area (Å²) < 4.78 is 45.7. The number of likely N-dealkylation sites (tertiary alicyclic amines) is 1. The van der Waals surface area contributed by atoms with E-state index < -0.39 is 68.8 Å². The van der Waals surface area contributed by atoms with E-state index in [-0.39, 0.29) is 95.1 Å². The van der Waals surface area contributed by atoms with E-state index in [9.17, 15) is 37.5 Å². The average Bonchev–Trinajstić information content (AvgIpc) is 1.39. The lowest BCUT2D eigenvalue weighted by molar-refractivity contribution is -0.359. The number of benzene rings is 2. The van der Waals surface area contributed by atoms with Crippen molar-refractivity contribution < 1.29 is 47.0 Å². The molecule has 22 nitrogen and oxygen atoms in total. The zero-order valence-corrected chi connectivity index (χ0v) is 55.0. The lowest BCUT2D eigenvalue weighted by Crippen LogP contribution is -2.78. The molecule has 5 unspecified atom stereocenters. The van der Waals surface area contributed by atoms with Crippen molar-refractivity contribution in [3.63, 3.8) is 0 Å². The smallest absolute Gasteiger partial charge is 0.283 e. The number of aromatic nitrogens is 6. The topological polar surface area (TPSA) is 282 Å². The van der Waals surface area contributed by atoms with Gasteiger partial charge in [-0.15, -0.1) is 16.6 Å². The molecule has 6 aromatic rings. The maximum absolute atomic E-state index is 14.6. The summed E-state index contributed by atoms with van der Waals surface area (Å²) >= 11 is 1.45. The number of sulfonamides is 1. The molecule has 6 aliphatic rings. The molecular weight excluding hydrogens is 1210 g/mol. The third-order valence-corrected chi connectivity index (χ3v) is 23.0. The molecule has 1 spiro atoms. The second kappa shape index (κ2) is 24.7. The van der Waals surface area contributed by atoms with Crippen LogP contribution in [0.15, 0.2) is 72.9 Å². The molecule has 5 N–H and O–H groups in total. The van der Waals surface area contributed by atoms with E-state index in [2.05, 4.69) is 65.5 Å². The summed E-state index contributed by atoms with van der Waals surface area (Å²) in [5.41, 5.74) is 3.37. The number of rotatable bonds is 24. The van der Waals surface area contributed by atoms with E-state index in [1.807, 2.05) is 35.9 Å². The molecule has 486 valence electrons. The molecule has 12 rings (SSSR count). The van der Waals surface area contributed by atoms with Crippen molar-refractivity contribution in [3.05, 3.63) is 112 Å². The van der Waals surface area contributed by atoms with Crippen molar-refractivity contribution in [2.75, 3.05) is 57.1 Å². The van der Waals surface area contributed by atoms with E-state index in [0.29, 0.717) is 40.8 Å². The van der Waals surface area contributed by atoms with Crippen LogP contribution in [0.5, 0.6) is 0 Å². The average molecular weight is 1290 g/mol. The van der Waals surface area contributed by atoms with Crippen LogP contribution in [0, 0.1) is 53.3 Å². The van der Waals surface area contributed by atoms with Crippen molar-refractivity contribution >= 4 is 71.9 Å². The van der Waals surface area contributed by atoms with Gasteiger partial charge >= 0.3 is 0 Å². The molecule has 2 saturated heterocycles. The molecule has 6 heterocycles. The molecule has 8 atom stereocenters. The highest BCUT2D eigenvalue weighted by atomic mass is 32.2. The lowest BCUT2D eigenvalue weighted by Gasteiger charge is -2.83. The van der Waals surface area contributed by atoms with Crippen LogP contribution in [0.4, 0.5) is 10.9 Å². The number of unbranched alkanes of at least 4 members (excludes halogenated alkanes) is 2. The van der Waals surface area contributed by atoms with Crippen LogP contribution in [0.25, 0.3) is 21.3 Å². The fourth-order valence-electron chi connectivity index (χ4n) is 17.1. The number of hydrogen-bond acceptors (Lipinski definition) is 18. The Bertz CT molecular complexity index is 4010. The van der Waals surface area contributed by atoms with Crippen molar-refractivity contribution in [1.29, 1.82) is 0 Å². The fraction of sp³-hybridized carbons (Fsp3) is 0.529. The molecule has 6 fully saturated rings. The van der Waals surface area contributed by atoms with Gasteiger partial charge in [0.25, 0.3) is 5.91 Å². The summed E-state index contributed by atoms with van der Waals surface area (Å²) in [4.78, 5) is 83.3. The third kappa shape index (κ3) is 12.1. The summed E-state index contributed by atoms with van der Waals surface area (Å²) in [7, 11) is -4.33. The second-order valence-electron chi connectivity index (χ2n) is 28.2. The number of carbonyl (C=O) groups excluding carboxylic acids is 5. The van der Waals surface area contributed by atoms with Gasteiger partial charge in [0, 0.05) is 79.9 Å². The molecule has 2 bridgehead atoms. The lowest BCUT2D eigenvalue weighted by atomic mass is 9.21. The van der Waals surface area contributed by atoms with Gasteiger partial charge < -0.3 is 35.4 Å². The number of para-hydroxylation sites is 1. The number of pyridine rings is 1. The number of ether oxygens (including phenoxy) is 2. The molecule has 2 aromatic carbocycles. The Hall–Kier alpha value is -7.53. The van der Waals surface area contributed by atoms with Crippen LogP contribution in [0.1, 0.15) is 148 Å². The van der Waals surface area contributed by atoms with Gasteiger partial charge in [0.15, 0.2) is 10.9 Å². The van der Waals surface area contributed by atoms with E-state index in [4.69, 9.17) is 21.0 Å². The minimum Gasteiger partial charge on any atom is -0.391 e. The Balaban J connectivity index is 0.722. The Morgan fingerprint density at radius 1 is 0.902 bits per heavy atom. The highest BCUT2D eigenvalue weighted by molar-refractivity contribution is 7.90. The van der Waals surface area contributed by atoms with Crippen molar-refractivity contribution in [2.45, 2.75) is 150 Å². The van der Waals surface area contributed by atoms with Gasteiger partial charge in [-0.05, 0) is 134 Å². The number of amides is 4. The number of morpholine rings is 1. The van der Waals surface area contributed by atoms with Crippen LogP contribution < -0.4 is 20.7 Å². The zero-order valence-electron chi connectivity index (χ0n) is 53.4. The summed E-state index contributed by atoms with van der Waals surface area (Å²) in [6.45, 7) is 19.6. The second-order valence-corrected chi connectivity index (χ2v) is 31.0. The predicted octanol–water partition coefficient (Wildman–Crippen LogP) is 7.42. The number of ketones is 1. The maximum Gasteiger partial charge on any atom is 0.283 e. The van der Waals surface area contributed by atoms with Crippen LogP contribution >= 0.6 is 11.3 Å². The Labute approximate surface area is 540 Å². The highest BCUT2D eigenvalue weighted by Gasteiger charge is 2.92.